The number of nitrogens with zero attached hydrogens (tertiary/aromatic N) is 1. The molecule has 2 aliphatic rings. The zero-order valence-corrected chi connectivity index (χ0v) is 16.6. The lowest BCUT2D eigenvalue weighted by Crippen LogP contribution is -2.46. The van der Waals surface area contributed by atoms with Crippen LogP contribution in [0, 0.1) is 5.92 Å². The maximum Gasteiger partial charge on any atom is 0.410 e. The summed E-state index contributed by atoms with van der Waals surface area (Å²) in [5, 5.41) is 3.57. The molecule has 0 spiro atoms. The van der Waals surface area contributed by atoms with Gasteiger partial charge in [-0.25, -0.2) is 4.79 Å². The molecule has 1 aliphatic heterocycles. The first-order valence-electron chi connectivity index (χ1n) is 9.74. The highest BCUT2D eigenvalue weighted by molar-refractivity contribution is 7.99. The first kappa shape index (κ1) is 19.9. The average Bonchev–Trinajstić information content (AvgIpc) is 2.87. The first-order chi connectivity index (χ1) is 11.5. The smallest absolute Gasteiger partial charge is 0.410 e. The number of nitrogens with one attached hydrogen (secondary N) is 1. The molecule has 2 fully saturated rings. The lowest BCUT2D eigenvalue weighted by atomic mass is 10.1. The third-order valence-electron chi connectivity index (χ3n) is 4.88. The highest BCUT2D eigenvalue weighted by Crippen LogP contribution is 2.24. The maximum absolute atomic E-state index is 12.7. The molecule has 1 amide bonds. The minimum absolute atomic E-state index is 0.132. The Balaban J connectivity index is 1.84. The summed E-state index contributed by atoms with van der Waals surface area (Å²) in [5.41, 5.74) is -0.422. The number of carbonyl (C=O) groups excluding carboxylic acids is 1. The lowest BCUT2D eigenvalue weighted by Gasteiger charge is -2.33. The highest BCUT2D eigenvalue weighted by atomic mass is 32.2. The summed E-state index contributed by atoms with van der Waals surface area (Å²) in [7, 11) is 0. The second-order valence-corrected chi connectivity index (χ2v) is 9.40. The van der Waals surface area contributed by atoms with Crippen molar-refractivity contribution in [2.24, 2.45) is 5.92 Å². The van der Waals surface area contributed by atoms with E-state index in [1.165, 1.54) is 43.6 Å². The van der Waals surface area contributed by atoms with Gasteiger partial charge in [0.1, 0.15) is 5.60 Å². The molecule has 1 N–H and O–H groups in total. The molecule has 1 atom stereocenters. The van der Waals surface area contributed by atoms with E-state index >= 15 is 0 Å². The summed E-state index contributed by atoms with van der Waals surface area (Å²) in [6, 6.07) is 0.353. The molecule has 0 aromatic carbocycles. The number of thioether (sulfide) groups is 1. The van der Waals surface area contributed by atoms with Crippen molar-refractivity contribution in [1.82, 2.24) is 10.2 Å². The van der Waals surface area contributed by atoms with E-state index in [1.807, 2.05) is 25.7 Å². The topological polar surface area (TPSA) is 41.6 Å². The summed E-state index contributed by atoms with van der Waals surface area (Å²) in [4.78, 5) is 14.7. The van der Waals surface area contributed by atoms with Gasteiger partial charge in [-0.15, -0.1) is 0 Å². The summed E-state index contributed by atoms with van der Waals surface area (Å²) in [6.07, 6.45) is 8.51. The van der Waals surface area contributed by atoms with E-state index in [2.05, 4.69) is 17.1 Å². The van der Waals surface area contributed by atoms with Crippen LogP contribution in [0.25, 0.3) is 0 Å². The van der Waals surface area contributed by atoms with Gasteiger partial charge in [-0.2, -0.15) is 11.8 Å². The van der Waals surface area contributed by atoms with Crippen molar-refractivity contribution < 1.29 is 9.53 Å². The zero-order valence-electron chi connectivity index (χ0n) is 15.8. The largest absolute Gasteiger partial charge is 0.444 e. The van der Waals surface area contributed by atoms with Crippen LogP contribution >= 0.6 is 11.8 Å². The SMILES string of the molecule is CC(C)(C)OC(=O)N(CCNCC1CCSC1)C1CCCCCC1. The van der Waals surface area contributed by atoms with Gasteiger partial charge in [0, 0.05) is 19.1 Å². The predicted molar refractivity (Wildman–Crippen MR) is 103 cm³/mol. The minimum atomic E-state index is -0.422. The lowest BCUT2D eigenvalue weighted by molar-refractivity contribution is 0.0147. The zero-order chi connectivity index (χ0) is 17.4. The first-order valence-corrected chi connectivity index (χ1v) is 10.9. The molecule has 1 aliphatic carbocycles. The Morgan fingerprint density at radius 2 is 1.88 bits per heavy atom. The quantitative estimate of drug-likeness (QED) is 0.569. The summed E-state index contributed by atoms with van der Waals surface area (Å²) < 4.78 is 5.68. The maximum atomic E-state index is 12.7. The molecule has 0 radical (unpaired) electrons. The monoisotopic (exact) mass is 356 g/mol. The third-order valence-corrected chi connectivity index (χ3v) is 6.11. The van der Waals surface area contributed by atoms with Gasteiger partial charge in [-0.05, 0) is 64.0 Å². The Morgan fingerprint density at radius 3 is 2.46 bits per heavy atom. The predicted octanol–water partition coefficient (Wildman–Crippen LogP) is 4.29. The molecular weight excluding hydrogens is 320 g/mol. The Labute approximate surface area is 152 Å². The van der Waals surface area contributed by atoms with E-state index in [0.717, 1.165) is 38.4 Å². The van der Waals surface area contributed by atoms with Gasteiger partial charge in [-0.3, -0.25) is 0 Å². The van der Waals surface area contributed by atoms with Gasteiger partial charge >= 0.3 is 6.09 Å². The van der Waals surface area contributed by atoms with E-state index < -0.39 is 5.60 Å². The molecule has 24 heavy (non-hydrogen) atoms. The molecule has 1 heterocycles. The molecule has 1 unspecified atom stereocenters. The second-order valence-electron chi connectivity index (χ2n) is 8.25. The third kappa shape index (κ3) is 7.22. The standard InChI is InChI=1S/C19H36N2O2S/c1-19(2,3)23-18(22)21(17-8-6-4-5-7-9-17)12-11-20-14-16-10-13-24-15-16/h16-17,20H,4-15H2,1-3H3. The fraction of sp³-hybridized carbons (Fsp3) is 0.947. The Kier molecular flexibility index (Phi) is 8.21. The van der Waals surface area contributed by atoms with Crippen molar-refractivity contribution in [2.75, 3.05) is 31.1 Å². The summed E-state index contributed by atoms with van der Waals surface area (Å²) in [6.45, 7) is 8.57. The second kappa shape index (κ2) is 9.91. The van der Waals surface area contributed by atoms with E-state index in [1.54, 1.807) is 0 Å². The van der Waals surface area contributed by atoms with Gasteiger partial charge in [0.2, 0.25) is 0 Å². The van der Waals surface area contributed by atoms with Crippen molar-refractivity contribution in [3.05, 3.63) is 0 Å². The van der Waals surface area contributed by atoms with Crippen LogP contribution in [-0.4, -0.2) is 53.8 Å². The summed E-state index contributed by atoms with van der Waals surface area (Å²) >= 11 is 2.06. The number of hydrogen-bond donors (Lipinski definition) is 1. The fourth-order valence-electron chi connectivity index (χ4n) is 3.56. The normalized spacial score (nSPS) is 23.0. The van der Waals surface area contributed by atoms with Gasteiger partial charge in [-0.1, -0.05) is 25.7 Å². The highest BCUT2D eigenvalue weighted by Gasteiger charge is 2.28. The van der Waals surface area contributed by atoms with Crippen LogP contribution in [-0.2, 0) is 4.74 Å². The van der Waals surface area contributed by atoms with Crippen LogP contribution in [0.3, 0.4) is 0 Å². The molecular formula is C19H36N2O2S. The molecule has 2 rings (SSSR count). The van der Waals surface area contributed by atoms with Gasteiger partial charge in [0.25, 0.3) is 0 Å². The molecule has 140 valence electrons. The summed E-state index contributed by atoms with van der Waals surface area (Å²) in [5.74, 6) is 3.40. The molecule has 4 nitrogen and oxygen atoms in total. The van der Waals surface area contributed by atoms with Gasteiger partial charge in [0.05, 0.1) is 0 Å². The molecule has 0 aromatic rings. The number of rotatable bonds is 6. The number of amides is 1. The van der Waals surface area contributed by atoms with Gasteiger partial charge < -0.3 is 15.0 Å². The van der Waals surface area contributed by atoms with Crippen LogP contribution in [0.15, 0.2) is 0 Å². The van der Waals surface area contributed by atoms with Crippen molar-refractivity contribution in [3.8, 4) is 0 Å². The van der Waals surface area contributed by atoms with Crippen molar-refractivity contribution in [3.63, 3.8) is 0 Å². The number of ether oxygens (including phenoxy) is 1. The minimum Gasteiger partial charge on any atom is -0.444 e. The van der Waals surface area contributed by atoms with Crippen LogP contribution < -0.4 is 5.32 Å². The van der Waals surface area contributed by atoms with E-state index in [-0.39, 0.29) is 6.09 Å². The van der Waals surface area contributed by atoms with E-state index in [4.69, 9.17) is 4.74 Å². The van der Waals surface area contributed by atoms with Crippen molar-refractivity contribution >= 4 is 17.9 Å². The van der Waals surface area contributed by atoms with Crippen LogP contribution in [0.4, 0.5) is 4.79 Å². The van der Waals surface area contributed by atoms with E-state index in [0.29, 0.717) is 6.04 Å². The van der Waals surface area contributed by atoms with Crippen LogP contribution in [0.5, 0.6) is 0 Å². The molecule has 0 bridgehead atoms. The van der Waals surface area contributed by atoms with E-state index in [9.17, 15) is 4.79 Å². The Bertz CT molecular complexity index is 370. The van der Waals surface area contributed by atoms with Crippen molar-refractivity contribution in [1.29, 1.82) is 0 Å². The number of hydrogen-bond acceptors (Lipinski definition) is 4. The van der Waals surface area contributed by atoms with Gasteiger partial charge in [0.15, 0.2) is 0 Å². The Hall–Kier alpha value is -0.420. The Morgan fingerprint density at radius 1 is 1.17 bits per heavy atom. The molecule has 1 saturated heterocycles. The number of carbonyl (C=O) groups is 1. The fourth-order valence-corrected chi connectivity index (χ4v) is 4.85. The van der Waals surface area contributed by atoms with Crippen molar-refractivity contribution in [2.45, 2.75) is 77.4 Å². The molecule has 0 aromatic heterocycles. The van der Waals surface area contributed by atoms with Crippen LogP contribution in [0.2, 0.25) is 0 Å². The molecule has 5 heteroatoms. The average molecular weight is 357 g/mol. The van der Waals surface area contributed by atoms with Crippen LogP contribution in [0.1, 0.15) is 65.7 Å². The molecule has 1 saturated carbocycles.